The molecule has 0 saturated heterocycles. The highest BCUT2D eigenvalue weighted by atomic mass is 16.5. The van der Waals surface area contributed by atoms with Crippen LogP contribution in [0.15, 0.2) is 23.9 Å². The van der Waals surface area contributed by atoms with Crippen molar-refractivity contribution >= 4 is 5.76 Å². The third-order valence-electron chi connectivity index (χ3n) is 2.04. The Balaban J connectivity index is 3.30. The van der Waals surface area contributed by atoms with Gasteiger partial charge in [0.15, 0.2) is 0 Å². The van der Waals surface area contributed by atoms with Crippen molar-refractivity contribution in [2.24, 2.45) is 5.73 Å². The van der Waals surface area contributed by atoms with Crippen molar-refractivity contribution in [3.05, 3.63) is 29.5 Å². The number of benzene rings is 1. The summed E-state index contributed by atoms with van der Waals surface area (Å²) in [7, 11) is 3.09. The molecule has 0 aliphatic carbocycles. The zero-order chi connectivity index (χ0) is 11.4. The molecule has 15 heavy (non-hydrogen) atoms. The van der Waals surface area contributed by atoms with Crippen molar-refractivity contribution < 1.29 is 14.6 Å². The minimum Gasteiger partial charge on any atom is -0.505 e. The number of aliphatic hydroxyl groups is 1. The number of ether oxygens (including phenoxy) is 2. The average Bonchev–Trinajstić information content (AvgIpc) is 2.27. The Labute approximate surface area is 88.9 Å². The molecule has 1 rings (SSSR count). The number of nitrogens with two attached hydrogens (primary N) is 1. The summed E-state index contributed by atoms with van der Waals surface area (Å²) in [6, 6.07) is 5.14. The van der Waals surface area contributed by atoms with Gasteiger partial charge in [0.1, 0.15) is 17.3 Å². The second-order valence-electron chi connectivity index (χ2n) is 3.10. The van der Waals surface area contributed by atoms with Gasteiger partial charge in [-0.25, -0.2) is 0 Å². The maximum atomic E-state index is 9.75. The first-order valence-corrected chi connectivity index (χ1v) is 4.48. The van der Waals surface area contributed by atoms with E-state index in [-0.39, 0.29) is 5.76 Å². The smallest absolute Gasteiger partial charge is 0.145 e. The highest BCUT2D eigenvalue weighted by Crippen LogP contribution is 2.29. The molecule has 0 unspecified atom stereocenters. The topological polar surface area (TPSA) is 64.7 Å². The van der Waals surface area contributed by atoms with Gasteiger partial charge in [-0.05, 0) is 25.1 Å². The number of rotatable bonds is 3. The molecule has 0 amide bonds. The minimum atomic E-state index is 0.00532. The van der Waals surface area contributed by atoms with Gasteiger partial charge in [-0.2, -0.15) is 0 Å². The predicted molar refractivity (Wildman–Crippen MR) is 59.0 cm³/mol. The molecule has 0 atom stereocenters. The van der Waals surface area contributed by atoms with Crippen molar-refractivity contribution in [3.8, 4) is 11.5 Å². The minimum absolute atomic E-state index is 0.00532. The van der Waals surface area contributed by atoms with Crippen LogP contribution in [0, 0.1) is 0 Å². The van der Waals surface area contributed by atoms with Gasteiger partial charge in [0.05, 0.1) is 19.8 Å². The average molecular weight is 209 g/mol. The Kier molecular flexibility index (Phi) is 3.44. The Morgan fingerprint density at radius 1 is 1.27 bits per heavy atom. The number of allylic oxidation sites excluding steroid dienone is 1. The largest absolute Gasteiger partial charge is 0.505 e. The van der Waals surface area contributed by atoms with E-state index >= 15 is 0 Å². The molecule has 82 valence electrons. The van der Waals surface area contributed by atoms with Crippen LogP contribution in [0.2, 0.25) is 0 Å². The summed E-state index contributed by atoms with van der Waals surface area (Å²) >= 11 is 0. The van der Waals surface area contributed by atoms with Gasteiger partial charge in [0.25, 0.3) is 0 Å². The van der Waals surface area contributed by atoms with Gasteiger partial charge in [-0.3, -0.25) is 0 Å². The van der Waals surface area contributed by atoms with Crippen LogP contribution in [0.3, 0.4) is 0 Å². The fourth-order valence-electron chi connectivity index (χ4n) is 1.21. The summed E-state index contributed by atoms with van der Waals surface area (Å²) in [6.45, 7) is 1.62. The van der Waals surface area contributed by atoms with Gasteiger partial charge >= 0.3 is 0 Å². The van der Waals surface area contributed by atoms with Gasteiger partial charge in [0, 0.05) is 5.70 Å². The van der Waals surface area contributed by atoms with E-state index in [0.29, 0.717) is 22.8 Å². The van der Waals surface area contributed by atoms with E-state index < -0.39 is 0 Å². The lowest BCUT2D eigenvalue weighted by molar-refractivity contribution is 0.397. The third-order valence-corrected chi connectivity index (χ3v) is 2.04. The van der Waals surface area contributed by atoms with Crippen LogP contribution in [0.4, 0.5) is 0 Å². The lowest BCUT2D eigenvalue weighted by Crippen LogP contribution is -2.00. The molecule has 0 aromatic heterocycles. The molecular weight excluding hydrogens is 194 g/mol. The zero-order valence-corrected chi connectivity index (χ0v) is 9.07. The lowest BCUT2D eigenvalue weighted by Gasteiger charge is -2.10. The summed E-state index contributed by atoms with van der Waals surface area (Å²) in [4.78, 5) is 0. The standard InChI is InChI=1S/C11H15NO3/c1-7(12)11(13)9-6-8(14-2)4-5-10(9)15-3/h4-6,13H,12H2,1-3H3. The van der Waals surface area contributed by atoms with E-state index in [9.17, 15) is 5.11 Å². The third kappa shape index (κ3) is 2.34. The van der Waals surface area contributed by atoms with E-state index in [1.54, 1.807) is 32.2 Å². The summed E-state index contributed by atoms with van der Waals surface area (Å²) < 4.78 is 10.2. The number of hydrogen-bond acceptors (Lipinski definition) is 4. The molecule has 1 aromatic rings. The van der Waals surface area contributed by atoms with Crippen LogP contribution in [0.25, 0.3) is 5.76 Å². The van der Waals surface area contributed by atoms with Gasteiger partial charge in [-0.15, -0.1) is 0 Å². The first-order valence-electron chi connectivity index (χ1n) is 4.48. The molecule has 0 heterocycles. The first kappa shape index (κ1) is 11.2. The van der Waals surface area contributed by atoms with E-state index in [2.05, 4.69) is 0 Å². The van der Waals surface area contributed by atoms with Crippen molar-refractivity contribution in [2.75, 3.05) is 14.2 Å². The van der Waals surface area contributed by atoms with Gasteiger partial charge in [-0.1, -0.05) is 0 Å². The van der Waals surface area contributed by atoms with Gasteiger partial charge < -0.3 is 20.3 Å². The zero-order valence-electron chi connectivity index (χ0n) is 9.07. The van der Waals surface area contributed by atoms with Crippen LogP contribution >= 0.6 is 0 Å². The Morgan fingerprint density at radius 3 is 2.40 bits per heavy atom. The maximum absolute atomic E-state index is 9.75. The number of methoxy groups -OCH3 is 2. The van der Waals surface area contributed by atoms with E-state index in [1.165, 1.54) is 7.11 Å². The van der Waals surface area contributed by atoms with Gasteiger partial charge in [0.2, 0.25) is 0 Å². The van der Waals surface area contributed by atoms with E-state index in [1.807, 2.05) is 0 Å². The van der Waals surface area contributed by atoms with Crippen LogP contribution in [-0.4, -0.2) is 19.3 Å². The van der Waals surface area contributed by atoms with E-state index in [0.717, 1.165) is 0 Å². The lowest BCUT2D eigenvalue weighted by atomic mass is 10.1. The molecule has 1 aromatic carbocycles. The SMILES string of the molecule is COc1ccc(OC)c(C(O)=C(C)N)c1. The second kappa shape index (κ2) is 4.59. The normalized spacial score (nSPS) is 11.9. The highest BCUT2D eigenvalue weighted by Gasteiger charge is 2.10. The van der Waals surface area contributed by atoms with E-state index in [4.69, 9.17) is 15.2 Å². The quantitative estimate of drug-likeness (QED) is 0.746. The highest BCUT2D eigenvalue weighted by molar-refractivity contribution is 5.67. The fourth-order valence-corrected chi connectivity index (χ4v) is 1.21. The molecule has 0 spiro atoms. The molecule has 4 heteroatoms. The Morgan fingerprint density at radius 2 is 1.93 bits per heavy atom. The summed E-state index contributed by atoms with van der Waals surface area (Å²) in [6.07, 6.45) is 0. The molecule has 3 N–H and O–H groups in total. The fraction of sp³-hybridized carbons (Fsp3) is 0.273. The van der Waals surface area contributed by atoms with Crippen molar-refractivity contribution in [3.63, 3.8) is 0 Å². The van der Waals surface area contributed by atoms with Crippen LogP contribution in [-0.2, 0) is 0 Å². The molecule has 0 fully saturated rings. The van der Waals surface area contributed by atoms with Crippen LogP contribution in [0.5, 0.6) is 11.5 Å². The van der Waals surface area contributed by atoms with Crippen LogP contribution in [0.1, 0.15) is 12.5 Å². The molecular formula is C11H15NO3. The maximum Gasteiger partial charge on any atom is 0.145 e. The molecule has 0 aliphatic heterocycles. The second-order valence-corrected chi connectivity index (χ2v) is 3.10. The molecule has 0 aliphatic rings. The molecule has 0 bridgehead atoms. The first-order chi connectivity index (χ1) is 7.10. The monoisotopic (exact) mass is 209 g/mol. The number of aliphatic hydroxyl groups excluding tert-OH is 1. The van der Waals surface area contributed by atoms with Crippen molar-refractivity contribution in [1.82, 2.24) is 0 Å². The van der Waals surface area contributed by atoms with Crippen molar-refractivity contribution in [2.45, 2.75) is 6.92 Å². The summed E-state index contributed by atoms with van der Waals surface area (Å²) in [5.74, 6) is 1.20. The molecule has 4 nitrogen and oxygen atoms in total. The molecule has 0 saturated carbocycles. The van der Waals surface area contributed by atoms with Crippen LogP contribution < -0.4 is 15.2 Å². The summed E-state index contributed by atoms with van der Waals surface area (Å²) in [5, 5.41) is 9.75. The molecule has 0 radical (unpaired) electrons. The summed E-state index contributed by atoms with van der Waals surface area (Å²) in [5.41, 5.74) is 6.38. The number of hydrogen-bond donors (Lipinski definition) is 2. The Hall–Kier alpha value is -1.84. The predicted octanol–water partition coefficient (Wildman–Crippen LogP) is 1.91. The van der Waals surface area contributed by atoms with Crippen molar-refractivity contribution in [1.29, 1.82) is 0 Å². The Bertz CT molecular complexity index is 381.